The fraction of sp³-hybridized carbons (Fsp3) is 0.176. The van der Waals surface area contributed by atoms with Gasteiger partial charge in [0.2, 0.25) is 11.1 Å². The first-order valence-electron chi connectivity index (χ1n) is 7.37. The number of rotatable bonds is 4. The number of hydrogen-bond acceptors (Lipinski definition) is 5. The highest BCUT2D eigenvalue weighted by atomic mass is 79.9. The van der Waals surface area contributed by atoms with Crippen LogP contribution in [0.3, 0.4) is 0 Å². The van der Waals surface area contributed by atoms with Gasteiger partial charge in [0.1, 0.15) is 4.60 Å². The maximum Gasteiger partial charge on any atom is 0.362 e. The van der Waals surface area contributed by atoms with Gasteiger partial charge < -0.3 is 4.74 Å². The Bertz CT molecular complexity index is 951. The SMILES string of the molecule is CCOC(=O)c1n[nH]c2cc(Cc3ccc(Br)nc3)ccc2c1=O. The van der Waals surface area contributed by atoms with Crippen LogP contribution >= 0.6 is 15.9 Å². The molecule has 0 unspecified atom stereocenters. The van der Waals surface area contributed by atoms with E-state index in [4.69, 9.17) is 4.74 Å². The molecule has 2 aromatic heterocycles. The largest absolute Gasteiger partial charge is 0.461 e. The lowest BCUT2D eigenvalue weighted by Gasteiger charge is -2.05. The van der Waals surface area contributed by atoms with Gasteiger partial charge in [0, 0.05) is 11.6 Å². The second kappa shape index (κ2) is 6.92. The van der Waals surface area contributed by atoms with Crippen molar-refractivity contribution in [1.29, 1.82) is 0 Å². The van der Waals surface area contributed by atoms with Gasteiger partial charge in [-0.05, 0) is 58.6 Å². The summed E-state index contributed by atoms with van der Waals surface area (Å²) in [7, 11) is 0. The van der Waals surface area contributed by atoms with E-state index in [1.54, 1.807) is 19.2 Å². The Morgan fingerprint density at radius 3 is 2.75 bits per heavy atom. The molecule has 0 radical (unpaired) electrons. The number of esters is 1. The zero-order valence-electron chi connectivity index (χ0n) is 12.9. The van der Waals surface area contributed by atoms with Crippen molar-refractivity contribution in [2.45, 2.75) is 13.3 Å². The summed E-state index contributed by atoms with van der Waals surface area (Å²) in [4.78, 5) is 28.3. The standard InChI is InChI=1S/C17H14BrN3O3/c1-2-24-17(23)15-16(22)12-5-3-10(8-13(12)20-21-15)7-11-4-6-14(18)19-9-11/h3-6,8-9H,2,7H2,1H3,(H,20,22). The molecule has 1 aromatic carbocycles. The lowest BCUT2D eigenvalue weighted by Crippen LogP contribution is -2.21. The first-order chi connectivity index (χ1) is 11.6. The van der Waals surface area contributed by atoms with E-state index < -0.39 is 11.4 Å². The maximum absolute atomic E-state index is 12.4. The second-order valence-corrected chi connectivity index (χ2v) is 5.98. The second-order valence-electron chi connectivity index (χ2n) is 5.17. The molecule has 1 N–H and O–H groups in total. The maximum atomic E-state index is 12.4. The van der Waals surface area contributed by atoms with Crippen molar-refractivity contribution in [3.8, 4) is 0 Å². The number of H-pyrrole nitrogens is 1. The molecule has 3 rings (SSSR count). The zero-order chi connectivity index (χ0) is 17.1. The molecule has 0 saturated carbocycles. The van der Waals surface area contributed by atoms with Crippen LogP contribution in [0, 0.1) is 0 Å². The minimum Gasteiger partial charge on any atom is -0.461 e. The lowest BCUT2D eigenvalue weighted by molar-refractivity contribution is 0.0517. The van der Waals surface area contributed by atoms with Gasteiger partial charge in [-0.1, -0.05) is 12.1 Å². The zero-order valence-corrected chi connectivity index (χ0v) is 14.5. The third kappa shape index (κ3) is 3.35. The van der Waals surface area contributed by atoms with Crippen LogP contribution in [0.1, 0.15) is 28.5 Å². The number of hydrogen-bond donors (Lipinski definition) is 1. The van der Waals surface area contributed by atoms with Crippen molar-refractivity contribution in [2.75, 3.05) is 6.61 Å². The molecule has 0 bridgehead atoms. The Labute approximate surface area is 146 Å². The van der Waals surface area contributed by atoms with E-state index in [9.17, 15) is 9.59 Å². The Hall–Kier alpha value is -2.54. The average Bonchev–Trinajstić information content (AvgIpc) is 2.57. The number of benzene rings is 1. The molecule has 7 heteroatoms. The van der Waals surface area contributed by atoms with Crippen LogP contribution in [0.25, 0.3) is 10.9 Å². The minimum absolute atomic E-state index is 0.193. The summed E-state index contributed by atoms with van der Waals surface area (Å²) in [5.74, 6) is -0.717. The molecule has 0 fully saturated rings. The fourth-order valence-electron chi connectivity index (χ4n) is 2.37. The van der Waals surface area contributed by atoms with Crippen molar-refractivity contribution < 1.29 is 9.53 Å². The third-order valence-corrected chi connectivity index (χ3v) is 3.97. The molecule has 0 aliphatic rings. The Morgan fingerprint density at radius 2 is 2.04 bits per heavy atom. The highest BCUT2D eigenvalue weighted by molar-refractivity contribution is 9.10. The van der Waals surface area contributed by atoms with E-state index in [-0.39, 0.29) is 12.3 Å². The lowest BCUT2D eigenvalue weighted by atomic mass is 10.0. The highest BCUT2D eigenvalue weighted by Crippen LogP contribution is 2.15. The molecule has 0 aliphatic carbocycles. The minimum atomic E-state index is -0.717. The molecule has 0 spiro atoms. The van der Waals surface area contributed by atoms with Gasteiger partial charge in [0.15, 0.2) is 0 Å². The van der Waals surface area contributed by atoms with Gasteiger partial charge in [-0.3, -0.25) is 9.89 Å². The van der Waals surface area contributed by atoms with Crippen molar-refractivity contribution in [3.63, 3.8) is 0 Å². The fourth-order valence-corrected chi connectivity index (χ4v) is 2.61. The predicted molar refractivity (Wildman–Crippen MR) is 93.1 cm³/mol. The summed E-state index contributed by atoms with van der Waals surface area (Å²) in [5, 5.41) is 7.02. The van der Waals surface area contributed by atoms with E-state index in [0.29, 0.717) is 17.3 Å². The van der Waals surface area contributed by atoms with E-state index >= 15 is 0 Å². The van der Waals surface area contributed by atoms with Crippen LogP contribution in [-0.4, -0.2) is 27.8 Å². The van der Waals surface area contributed by atoms with Crippen molar-refractivity contribution in [1.82, 2.24) is 15.2 Å². The van der Waals surface area contributed by atoms with E-state index in [1.165, 1.54) is 0 Å². The summed E-state index contributed by atoms with van der Waals surface area (Å²) < 4.78 is 5.62. The average molecular weight is 388 g/mol. The first-order valence-corrected chi connectivity index (χ1v) is 8.16. The number of carbonyl (C=O) groups is 1. The van der Waals surface area contributed by atoms with Crippen LogP contribution in [0.2, 0.25) is 0 Å². The third-order valence-electron chi connectivity index (χ3n) is 3.50. The molecule has 3 aromatic rings. The molecule has 2 heterocycles. The molecular formula is C17H14BrN3O3. The topological polar surface area (TPSA) is 84.9 Å². The van der Waals surface area contributed by atoms with Gasteiger partial charge in [0.05, 0.1) is 12.1 Å². The quantitative estimate of drug-likeness (QED) is 0.549. The van der Waals surface area contributed by atoms with Crippen molar-refractivity contribution in [3.05, 3.63) is 68.2 Å². The monoisotopic (exact) mass is 387 g/mol. The molecule has 24 heavy (non-hydrogen) atoms. The van der Waals surface area contributed by atoms with E-state index in [1.807, 2.05) is 24.3 Å². The van der Waals surface area contributed by atoms with E-state index in [2.05, 4.69) is 31.1 Å². The van der Waals surface area contributed by atoms with E-state index in [0.717, 1.165) is 15.7 Å². The highest BCUT2D eigenvalue weighted by Gasteiger charge is 2.16. The summed E-state index contributed by atoms with van der Waals surface area (Å²) >= 11 is 3.30. The first kappa shape index (κ1) is 16.3. The van der Waals surface area contributed by atoms with Crippen molar-refractivity contribution in [2.24, 2.45) is 0 Å². The molecular weight excluding hydrogens is 374 g/mol. The van der Waals surface area contributed by atoms with Crippen LogP contribution < -0.4 is 5.43 Å². The van der Waals surface area contributed by atoms with Crippen LogP contribution in [-0.2, 0) is 11.2 Å². The number of aromatic amines is 1. The van der Waals surface area contributed by atoms with Crippen molar-refractivity contribution >= 4 is 32.8 Å². The number of nitrogens with zero attached hydrogens (tertiary/aromatic N) is 2. The summed E-state index contributed by atoms with van der Waals surface area (Å²) in [6.45, 7) is 1.87. The Morgan fingerprint density at radius 1 is 1.25 bits per heavy atom. The summed E-state index contributed by atoms with van der Waals surface area (Å²) in [5.41, 5.74) is 1.98. The molecule has 122 valence electrons. The number of nitrogens with one attached hydrogen (secondary N) is 1. The predicted octanol–water partition coefficient (Wildman–Crippen LogP) is 2.85. The summed E-state index contributed by atoms with van der Waals surface area (Å²) in [6, 6.07) is 9.26. The van der Waals surface area contributed by atoms with Gasteiger partial charge in [0.25, 0.3) is 0 Å². The van der Waals surface area contributed by atoms with Crippen LogP contribution in [0.5, 0.6) is 0 Å². The number of fused-ring (bicyclic) bond motifs is 1. The number of pyridine rings is 1. The number of aromatic nitrogens is 3. The van der Waals surface area contributed by atoms with Gasteiger partial charge in [-0.25, -0.2) is 9.78 Å². The van der Waals surface area contributed by atoms with Gasteiger partial charge in [-0.2, -0.15) is 5.10 Å². The Balaban J connectivity index is 1.94. The molecule has 0 aliphatic heterocycles. The number of ether oxygens (including phenoxy) is 1. The molecule has 0 atom stereocenters. The normalized spacial score (nSPS) is 10.8. The molecule has 0 saturated heterocycles. The summed E-state index contributed by atoms with van der Waals surface area (Å²) in [6.07, 6.45) is 2.47. The number of halogens is 1. The smallest absolute Gasteiger partial charge is 0.362 e. The van der Waals surface area contributed by atoms with Gasteiger partial charge >= 0.3 is 5.97 Å². The van der Waals surface area contributed by atoms with Crippen LogP contribution in [0.15, 0.2) is 45.9 Å². The Kier molecular flexibility index (Phi) is 4.71. The molecule has 6 nitrogen and oxygen atoms in total. The van der Waals surface area contributed by atoms with Gasteiger partial charge in [-0.15, -0.1) is 0 Å². The number of carbonyl (C=O) groups excluding carboxylic acids is 1. The molecule has 0 amide bonds. The van der Waals surface area contributed by atoms with Crippen LogP contribution in [0.4, 0.5) is 0 Å².